The van der Waals surface area contributed by atoms with Crippen LogP contribution in [0.2, 0.25) is 0 Å². The van der Waals surface area contributed by atoms with Gasteiger partial charge in [0.05, 0.1) is 0 Å². The van der Waals surface area contributed by atoms with Gasteiger partial charge in [0.1, 0.15) is 0 Å². The van der Waals surface area contributed by atoms with Gasteiger partial charge < -0.3 is 5.32 Å². The molecule has 0 saturated heterocycles. The highest BCUT2D eigenvalue weighted by Gasteiger charge is 2.13. The number of anilines is 1. The van der Waals surface area contributed by atoms with Crippen LogP contribution >= 0.6 is 0 Å². The molecule has 1 N–H and O–H groups in total. The highest BCUT2D eigenvalue weighted by molar-refractivity contribution is 6.06. The standard InChI is InChI=1S/C16H18N2O/c1-10-6-5-7-11(2)15(10)18-16(19)14-8-9-17-13(4)12(14)3/h5-9H,1-4H3,(H,18,19). The SMILES string of the molecule is Cc1cccc(C)c1NC(=O)c1ccnc(C)c1C. The maximum absolute atomic E-state index is 12.4. The summed E-state index contributed by atoms with van der Waals surface area (Å²) >= 11 is 0. The number of aromatic nitrogens is 1. The van der Waals surface area contributed by atoms with Gasteiger partial charge in [0.15, 0.2) is 0 Å². The van der Waals surface area contributed by atoms with E-state index < -0.39 is 0 Å². The highest BCUT2D eigenvalue weighted by Crippen LogP contribution is 2.21. The summed E-state index contributed by atoms with van der Waals surface area (Å²) in [6, 6.07) is 7.73. The molecule has 0 atom stereocenters. The van der Waals surface area contributed by atoms with Crippen molar-refractivity contribution in [3.63, 3.8) is 0 Å². The third kappa shape index (κ3) is 2.65. The summed E-state index contributed by atoms with van der Waals surface area (Å²) in [6.07, 6.45) is 1.67. The topological polar surface area (TPSA) is 42.0 Å². The van der Waals surface area contributed by atoms with Gasteiger partial charge in [0.2, 0.25) is 0 Å². The predicted molar refractivity (Wildman–Crippen MR) is 77.6 cm³/mol. The second kappa shape index (κ2) is 5.22. The van der Waals surface area contributed by atoms with Gasteiger partial charge in [-0.1, -0.05) is 18.2 Å². The monoisotopic (exact) mass is 254 g/mol. The van der Waals surface area contributed by atoms with Gasteiger partial charge in [0, 0.05) is 23.1 Å². The van der Waals surface area contributed by atoms with E-state index in [1.54, 1.807) is 12.3 Å². The zero-order valence-electron chi connectivity index (χ0n) is 11.7. The first-order valence-corrected chi connectivity index (χ1v) is 6.30. The van der Waals surface area contributed by atoms with Gasteiger partial charge in [0.25, 0.3) is 5.91 Å². The second-order valence-corrected chi connectivity index (χ2v) is 4.79. The highest BCUT2D eigenvalue weighted by atomic mass is 16.1. The third-order valence-corrected chi connectivity index (χ3v) is 3.42. The van der Waals surface area contributed by atoms with Crippen molar-refractivity contribution in [2.75, 3.05) is 5.32 Å². The average molecular weight is 254 g/mol. The number of hydrogen-bond acceptors (Lipinski definition) is 2. The summed E-state index contributed by atoms with van der Waals surface area (Å²) in [6.45, 7) is 7.81. The summed E-state index contributed by atoms with van der Waals surface area (Å²) in [7, 11) is 0. The first kappa shape index (κ1) is 13.3. The zero-order chi connectivity index (χ0) is 14.0. The lowest BCUT2D eigenvalue weighted by molar-refractivity contribution is 0.102. The molecule has 0 aliphatic carbocycles. The van der Waals surface area contributed by atoms with E-state index in [1.165, 1.54) is 0 Å². The lowest BCUT2D eigenvalue weighted by Gasteiger charge is -2.13. The minimum absolute atomic E-state index is 0.0830. The van der Waals surface area contributed by atoms with E-state index >= 15 is 0 Å². The number of carbonyl (C=O) groups is 1. The molecule has 0 unspecified atom stereocenters. The Morgan fingerprint density at radius 1 is 1.05 bits per heavy atom. The summed E-state index contributed by atoms with van der Waals surface area (Å²) in [5.41, 5.74) is 5.51. The predicted octanol–water partition coefficient (Wildman–Crippen LogP) is 3.57. The van der Waals surface area contributed by atoms with Crippen LogP contribution in [0.15, 0.2) is 30.5 Å². The van der Waals surface area contributed by atoms with Crippen LogP contribution in [-0.4, -0.2) is 10.9 Å². The quantitative estimate of drug-likeness (QED) is 0.890. The van der Waals surface area contributed by atoms with Crippen LogP contribution in [0.4, 0.5) is 5.69 Å². The van der Waals surface area contributed by atoms with Gasteiger partial charge in [-0.05, 0) is 50.5 Å². The minimum Gasteiger partial charge on any atom is -0.321 e. The molecular weight excluding hydrogens is 236 g/mol. The lowest BCUT2D eigenvalue weighted by atomic mass is 10.1. The smallest absolute Gasteiger partial charge is 0.256 e. The molecular formula is C16H18N2O. The van der Waals surface area contributed by atoms with Crippen LogP contribution in [0.5, 0.6) is 0 Å². The van der Waals surface area contributed by atoms with Crippen LogP contribution in [0.1, 0.15) is 32.7 Å². The van der Waals surface area contributed by atoms with E-state index in [1.807, 2.05) is 45.9 Å². The molecule has 2 aromatic rings. The molecule has 1 heterocycles. The largest absolute Gasteiger partial charge is 0.321 e. The molecule has 0 bridgehead atoms. The van der Waals surface area contributed by atoms with Crippen LogP contribution in [-0.2, 0) is 0 Å². The summed E-state index contributed by atoms with van der Waals surface area (Å²) in [5, 5.41) is 3.00. The van der Waals surface area contributed by atoms with E-state index in [9.17, 15) is 4.79 Å². The number of hydrogen-bond donors (Lipinski definition) is 1. The molecule has 1 amide bonds. The third-order valence-electron chi connectivity index (χ3n) is 3.42. The van der Waals surface area contributed by atoms with E-state index in [4.69, 9.17) is 0 Å². The lowest BCUT2D eigenvalue weighted by Crippen LogP contribution is -2.15. The number of carbonyl (C=O) groups excluding carboxylic acids is 1. The summed E-state index contributed by atoms with van der Waals surface area (Å²) < 4.78 is 0. The number of benzene rings is 1. The Morgan fingerprint density at radius 3 is 2.32 bits per heavy atom. The molecule has 0 aliphatic heterocycles. The molecule has 2 rings (SSSR count). The number of nitrogens with one attached hydrogen (secondary N) is 1. The Kier molecular flexibility index (Phi) is 3.65. The molecule has 0 radical (unpaired) electrons. The molecule has 98 valence electrons. The zero-order valence-corrected chi connectivity index (χ0v) is 11.7. The fourth-order valence-electron chi connectivity index (χ4n) is 2.08. The van der Waals surface area contributed by atoms with E-state index in [2.05, 4.69) is 10.3 Å². The number of aryl methyl sites for hydroxylation is 3. The van der Waals surface area contributed by atoms with Crippen molar-refractivity contribution in [1.29, 1.82) is 0 Å². The molecule has 0 aliphatic rings. The molecule has 0 spiro atoms. The van der Waals surface area contributed by atoms with Gasteiger partial charge in [-0.3, -0.25) is 9.78 Å². The molecule has 3 nitrogen and oxygen atoms in total. The normalized spacial score (nSPS) is 10.3. The van der Waals surface area contributed by atoms with Crippen LogP contribution in [0.3, 0.4) is 0 Å². The van der Waals surface area contributed by atoms with Crippen molar-refractivity contribution in [2.24, 2.45) is 0 Å². The van der Waals surface area contributed by atoms with Gasteiger partial charge in [-0.2, -0.15) is 0 Å². The van der Waals surface area contributed by atoms with Crippen LogP contribution in [0, 0.1) is 27.7 Å². The number of para-hydroxylation sites is 1. The maximum Gasteiger partial charge on any atom is 0.256 e. The summed E-state index contributed by atoms with van der Waals surface area (Å²) in [5.74, 6) is -0.0830. The van der Waals surface area contributed by atoms with Crippen LogP contribution < -0.4 is 5.32 Å². The van der Waals surface area contributed by atoms with Crippen molar-refractivity contribution in [1.82, 2.24) is 4.98 Å². The second-order valence-electron chi connectivity index (χ2n) is 4.79. The Hall–Kier alpha value is -2.16. The fourth-order valence-corrected chi connectivity index (χ4v) is 2.08. The number of nitrogens with zero attached hydrogens (tertiary/aromatic N) is 1. The number of pyridine rings is 1. The first-order chi connectivity index (χ1) is 9.00. The molecule has 0 saturated carbocycles. The molecule has 1 aromatic carbocycles. The number of rotatable bonds is 2. The Balaban J connectivity index is 2.34. The van der Waals surface area contributed by atoms with E-state index in [-0.39, 0.29) is 5.91 Å². The maximum atomic E-state index is 12.4. The van der Waals surface area contributed by atoms with E-state index in [0.29, 0.717) is 5.56 Å². The van der Waals surface area contributed by atoms with Crippen molar-refractivity contribution in [3.8, 4) is 0 Å². The Morgan fingerprint density at radius 2 is 1.68 bits per heavy atom. The van der Waals surface area contributed by atoms with Crippen LogP contribution in [0.25, 0.3) is 0 Å². The molecule has 1 aromatic heterocycles. The minimum atomic E-state index is -0.0830. The molecule has 19 heavy (non-hydrogen) atoms. The molecule has 3 heteroatoms. The van der Waals surface area contributed by atoms with E-state index in [0.717, 1.165) is 28.1 Å². The Bertz CT molecular complexity index is 612. The van der Waals surface area contributed by atoms with Gasteiger partial charge in [-0.15, -0.1) is 0 Å². The summed E-state index contributed by atoms with van der Waals surface area (Å²) in [4.78, 5) is 16.5. The van der Waals surface area contributed by atoms with Gasteiger partial charge >= 0.3 is 0 Å². The van der Waals surface area contributed by atoms with Crippen molar-refractivity contribution >= 4 is 11.6 Å². The van der Waals surface area contributed by atoms with Crippen molar-refractivity contribution < 1.29 is 4.79 Å². The fraction of sp³-hybridized carbons (Fsp3) is 0.250. The van der Waals surface area contributed by atoms with Crippen molar-refractivity contribution in [2.45, 2.75) is 27.7 Å². The average Bonchev–Trinajstić information content (AvgIpc) is 2.37. The first-order valence-electron chi connectivity index (χ1n) is 6.30. The Labute approximate surface area is 113 Å². The number of amides is 1. The molecule has 0 fully saturated rings. The van der Waals surface area contributed by atoms with Gasteiger partial charge in [-0.25, -0.2) is 0 Å². The van der Waals surface area contributed by atoms with Crippen molar-refractivity contribution in [3.05, 3.63) is 58.4 Å².